The summed E-state index contributed by atoms with van der Waals surface area (Å²) in [6.07, 6.45) is 0.259. The Morgan fingerprint density at radius 1 is 0.935 bits per heavy atom. The van der Waals surface area contributed by atoms with E-state index in [2.05, 4.69) is 37.2 Å². The fourth-order valence-electron chi connectivity index (χ4n) is 3.77. The Balaban J connectivity index is 1.83. The van der Waals surface area contributed by atoms with Crippen molar-refractivity contribution in [3.8, 4) is 17.2 Å². The number of rotatable bonds is 5. The molecule has 0 aliphatic carbocycles. The van der Waals surface area contributed by atoms with Crippen molar-refractivity contribution in [2.24, 2.45) is 4.99 Å². The molecule has 1 aliphatic rings. The summed E-state index contributed by atoms with van der Waals surface area (Å²) in [7, 11) is 3.31. The van der Waals surface area contributed by atoms with Crippen LogP contribution >= 0.6 is 31.9 Å². The molecule has 1 aliphatic heterocycles. The van der Waals surface area contributed by atoms with Gasteiger partial charge >= 0.3 is 0 Å². The van der Waals surface area contributed by atoms with Crippen LogP contribution in [-0.4, -0.2) is 25.0 Å². The summed E-state index contributed by atoms with van der Waals surface area (Å²) < 4.78 is 12.9. The molecule has 2 N–H and O–H groups in total. The van der Waals surface area contributed by atoms with Crippen LogP contribution in [-0.2, 0) is 0 Å². The summed E-state index contributed by atoms with van der Waals surface area (Å²) in [6.45, 7) is 0. The smallest absolute Gasteiger partial charge is 0.130 e. The van der Waals surface area contributed by atoms with Crippen molar-refractivity contribution in [3.05, 3.63) is 86.3 Å². The van der Waals surface area contributed by atoms with Gasteiger partial charge in [0, 0.05) is 38.2 Å². The topological polar surface area (TPSA) is 63.1 Å². The van der Waals surface area contributed by atoms with E-state index in [1.165, 1.54) is 0 Å². The minimum absolute atomic E-state index is 0.148. The van der Waals surface area contributed by atoms with Crippen molar-refractivity contribution in [1.82, 2.24) is 5.32 Å². The number of aliphatic imine (C=N–C) groups is 1. The lowest BCUT2D eigenvalue weighted by Crippen LogP contribution is -2.33. The Morgan fingerprint density at radius 3 is 2.42 bits per heavy atom. The third-order valence-corrected chi connectivity index (χ3v) is 6.28. The van der Waals surface area contributed by atoms with Gasteiger partial charge in [-0.05, 0) is 54.1 Å². The van der Waals surface area contributed by atoms with Crippen LogP contribution in [0, 0.1) is 0 Å². The molecule has 0 aromatic heterocycles. The quantitative estimate of drug-likeness (QED) is 0.403. The van der Waals surface area contributed by atoms with E-state index in [9.17, 15) is 5.11 Å². The molecular weight excluding hydrogens is 524 g/mol. The Hall–Kier alpha value is -2.35. The van der Waals surface area contributed by atoms with Crippen molar-refractivity contribution in [2.45, 2.75) is 18.6 Å². The van der Waals surface area contributed by atoms with E-state index in [0.717, 1.165) is 42.8 Å². The maximum absolute atomic E-state index is 10.6. The number of halogens is 2. The molecule has 31 heavy (non-hydrogen) atoms. The number of nitrogens with zero attached hydrogens (tertiary/aromatic N) is 1. The Morgan fingerprint density at radius 2 is 1.68 bits per heavy atom. The van der Waals surface area contributed by atoms with Crippen molar-refractivity contribution >= 4 is 37.6 Å². The van der Waals surface area contributed by atoms with Crippen molar-refractivity contribution < 1.29 is 14.6 Å². The van der Waals surface area contributed by atoms with Gasteiger partial charge in [-0.25, -0.2) is 0 Å². The van der Waals surface area contributed by atoms with Crippen LogP contribution in [0.3, 0.4) is 0 Å². The van der Waals surface area contributed by atoms with Gasteiger partial charge in [0.2, 0.25) is 0 Å². The van der Waals surface area contributed by atoms with Crippen LogP contribution in [0.2, 0.25) is 0 Å². The summed E-state index contributed by atoms with van der Waals surface area (Å²) in [5.41, 5.74) is 3.63. The van der Waals surface area contributed by atoms with Gasteiger partial charge in [0.1, 0.15) is 23.4 Å². The Labute approximate surface area is 198 Å². The summed E-state index contributed by atoms with van der Waals surface area (Å²) in [5.74, 6) is 1.76. The van der Waals surface area contributed by atoms with Gasteiger partial charge in [0.15, 0.2) is 0 Å². The summed E-state index contributed by atoms with van der Waals surface area (Å²) in [4.78, 5) is 5.03. The molecule has 160 valence electrons. The molecule has 3 aromatic rings. The lowest BCUT2D eigenvalue weighted by atomic mass is 9.93. The van der Waals surface area contributed by atoms with Gasteiger partial charge in [-0.2, -0.15) is 0 Å². The maximum atomic E-state index is 10.6. The van der Waals surface area contributed by atoms with E-state index >= 15 is 0 Å². The highest BCUT2D eigenvalue weighted by molar-refractivity contribution is 9.10. The number of hydrogen-bond donors (Lipinski definition) is 2. The number of methoxy groups -OCH3 is 2. The third-order valence-electron chi connectivity index (χ3n) is 5.30. The van der Waals surface area contributed by atoms with Crippen LogP contribution in [0.1, 0.15) is 35.3 Å². The minimum Gasteiger partial charge on any atom is -0.508 e. The molecule has 0 amide bonds. The third kappa shape index (κ3) is 4.79. The van der Waals surface area contributed by atoms with Crippen LogP contribution < -0.4 is 14.8 Å². The first-order valence-electron chi connectivity index (χ1n) is 9.77. The van der Waals surface area contributed by atoms with Gasteiger partial charge in [0.05, 0.1) is 14.2 Å². The first kappa shape index (κ1) is 21.9. The molecule has 5 nitrogen and oxygen atoms in total. The molecule has 0 unspecified atom stereocenters. The highest BCUT2D eigenvalue weighted by Gasteiger charge is 2.29. The number of phenols is 1. The first-order valence-corrected chi connectivity index (χ1v) is 11.4. The van der Waals surface area contributed by atoms with Crippen LogP contribution in [0.15, 0.2) is 74.6 Å². The zero-order valence-corrected chi connectivity index (χ0v) is 20.3. The lowest BCUT2D eigenvalue weighted by molar-refractivity contribution is 0.380. The van der Waals surface area contributed by atoms with Gasteiger partial charge in [-0.1, -0.05) is 44.0 Å². The largest absolute Gasteiger partial charge is 0.508 e. The Kier molecular flexibility index (Phi) is 6.65. The molecule has 0 fully saturated rings. The number of nitrogens with one attached hydrogen (secondary N) is 1. The van der Waals surface area contributed by atoms with Gasteiger partial charge in [-0.3, -0.25) is 10.3 Å². The number of aromatic hydroxyl groups is 1. The molecule has 0 bridgehead atoms. The molecular formula is C24H22Br2N2O3. The van der Waals surface area contributed by atoms with Gasteiger partial charge in [0.25, 0.3) is 0 Å². The van der Waals surface area contributed by atoms with E-state index in [-0.39, 0.29) is 18.0 Å². The fourth-order valence-corrected chi connectivity index (χ4v) is 4.52. The van der Waals surface area contributed by atoms with E-state index in [0.29, 0.717) is 6.42 Å². The SMILES string of the molecule is COc1cccc(C2=N[C@H](c3cc(Br)ccc3OC)N[C@H](c3cc(Br)ccc3O)C2)c1. The molecule has 1 heterocycles. The summed E-state index contributed by atoms with van der Waals surface area (Å²) in [5, 5.41) is 14.2. The van der Waals surface area contributed by atoms with E-state index in [1.54, 1.807) is 20.3 Å². The summed E-state index contributed by atoms with van der Waals surface area (Å²) >= 11 is 7.08. The van der Waals surface area contributed by atoms with Crippen molar-refractivity contribution in [3.63, 3.8) is 0 Å². The fraction of sp³-hybridized carbons (Fsp3) is 0.208. The highest BCUT2D eigenvalue weighted by Crippen LogP contribution is 2.38. The molecule has 3 aromatic carbocycles. The molecule has 7 heteroatoms. The minimum atomic E-state index is -0.356. The van der Waals surface area contributed by atoms with Crippen LogP contribution in [0.4, 0.5) is 0 Å². The zero-order chi connectivity index (χ0) is 22.0. The number of ether oxygens (including phenoxy) is 2. The first-order chi connectivity index (χ1) is 15.0. The second kappa shape index (κ2) is 9.42. The summed E-state index contributed by atoms with van der Waals surface area (Å²) in [6, 6.07) is 19.1. The molecule has 0 saturated carbocycles. The lowest BCUT2D eigenvalue weighted by Gasteiger charge is -2.31. The van der Waals surface area contributed by atoms with E-state index in [1.807, 2.05) is 54.6 Å². The van der Waals surface area contributed by atoms with E-state index < -0.39 is 0 Å². The second-order valence-electron chi connectivity index (χ2n) is 7.22. The van der Waals surface area contributed by atoms with Gasteiger partial charge in [-0.15, -0.1) is 0 Å². The standard InChI is InChI=1S/C24H22Br2N2O3/c1-30-17-5-3-4-14(10-17)20-13-21(18-11-15(25)6-8-22(18)29)28-24(27-20)19-12-16(26)7-9-23(19)31-2/h3-12,21,24,28-29H,13H2,1-2H3/t21-,24-/m0/s1. The molecule has 0 spiro atoms. The zero-order valence-electron chi connectivity index (χ0n) is 17.1. The maximum Gasteiger partial charge on any atom is 0.130 e. The monoisotopic (exact) mass is 544 g/mol. The van der Waals surface area contributed by atoms with Crippen LogP contribution in [0.5, 0.6) is 17.2 Å². The van der Waals surface area contributed by atoms with Gasteiger partial charge < -0.3 is 14.6 Å². The van der Waals surface area contributed by atoms with E-state index in [4.69, 9.17) is 14.5 Å². The molecule has 4 rings (SSSR count). The second-order valence-corrected chi connectivity index (χ2v) is 9.05. The van der Waals surface area contributed by atoms with Crippen LogP contribution in [0.25, 0.3) is 0 Å². The molecule has 0 saturated heterocycles. The molecule has 2 atom stereocenters. The highest BCUT2D eigenvalue weighted by atomic mass is 79.9. The molecule has 0 radical (unpaired) electrons. The predicted molar refractivity (Wildman–Crippen MR) is 129 cm³/mol. The average Bonchev–Trinajstić information content (AvgIpc) is 2.80. The number of hydrogen-bond acceptors (Lipinski definition) is 5. The average molecular weight is 546 g/mol. The van der Waals surface area contributed by atoms with Crippen molar-refractivity contribution in [1.29, 1.82) is 0 Å². The Bertz CT molecular complexity index is 1130. The predicted octanol–water partition coefficient (Wildman–Crippen LogP) is 6.16. The van der Waals surface area contributed by atoms with Crippen molar-refractivity contribution in [2.75, 3.05) is 14.2 Å². The number of phenolic OH excluding ortho intramolecular Hbond substituents is 1. The number of benzene rings is 3. The normalized spacial score (nSPS) is 18.4.